The van der Waals surface area contributed by atoms with E-state index in [9.17, 15) is 15.0 Å². The maximum atomic E-state index is 12.5. The van der Waals surface area contributed by atoms with Gasteiger partial charge in [-0.3, -0.25) is 4.79 Å². The van der Waals surface area contributed by atoms with Gasteiger partial charge in [0.05, 0.1) is 29.1 Å². The van der Waals surface area contributed by atoms with Crippen LogP contribution in [0.25, 0.3) is 0 Å². The van der Waals surface area contributed by atoms with Crippen LogP contribution >= 0.6 is 0 Å². The van der Waals surface area contributed by atoms with Crippen molar-refractivity contribution in [2.75, 3.05) is 6.61 Å². The maximum absolute atomic E-state index is 12.5. The lowest BCUT2D eigenvalue weighted by Gasteiger charge is -2.59. The van der Waals surface area contributed by atoms with Gasteiger partial charge < -0.3 is 14.9 Å². The highest BCUT2D eigenvalue weighted by Crippen LogP contribution is 2.60. The Morgan fingerprint density at radius 1 is 1.43 bits per heavy atom. The van der Waals surface area contributed by atoms with E-state index in [4.69, 9.17) is 4.74 Å². The molecule has 2 aliphatic carbocycles. The summed E-state index contributed by atoms with van der Waals surface area (Å²) in [6, 6.07) is 0. The summed E-state index contributed by atoms with van der Waals surface area (Å²) < 4.78 is 5.69. The average molecular weight is 296 g/mol. The molecule has 1 fully saturated rings. The summed E-state index contributed by atoms with van der Waals surface area (Å²) in [4.78, 5) is 12.5. The van der Waals surface area contributed by atoms with Gasteiger partial charge in [0.15, 0.2) is 5.78 Å². The maximum Gasteiger partial charge on any atom is 0.167 e. The molecule has 0 spiro atoms. The van der Waals surface area contributed by atoms with E-state index in [1.807, 2.05) is 27.7 Å². The predicted octanol–water partition coefficient (Wildman–Crippen LogP) is 2.29. The van der Waals surface area contributed by atoms with E-state index in [0.29, 0.717) is 18.8 Å². The molecule has 4 nitrogen and oxygen atoms in total. The molecule has 0 aromatic heterocycles. The van der Waals surface area contributed by atoms with Crippen LogP contribution in [0.1, 0.15) is 48.0 Å². The molecule has 21 heavy (non-hydrogen) atoms. The predicted molar refractivity (Wildman–Crippen MR) is 80.5 cm³/mol. The van der Waals surface area contributed by atoms with E-state index in [-0.39, 0.29) is 17.6 Å². The van der Waals surface area contributed by atoms with Crippen LogP contribution in [0.3, 0.4) is 0 Å². The fourth-order valence-electron chi connectivity index (χ4n) is 4.32. The molecular weight excluding hydrogens is 268 g/mol. The molecule has 0 heterocycles. The Hall–Kier alpha value is -0.870. The Bertz CT molecular complexity index is 476. The molecule has 2 aliphatic rings. The van der Waals surface area contributed by atoms with Crippen LogP contribution in [-0.2, 0) is 9.53 Å². The normalized spacial score (nSPS) is 43.5. The Morgan fingerprint density at radius 2 is 2.00 bits per heavy atom. The number of allylic oxidation sites excluding steroid dienone is 1. The summed E-state index contributed by atoms with van der Waals surface area (Å²) in [5.41, 5.74) is -2.41. The number of rotatable bonds is 3. The van der Waals surface area contributed by atoms with Crippen molar-refractivity contribution in [1.29, 1.82) is 0 Å². The second-order valence-corrected chi connectivity index (χ2v) is 7.66. The van der Waals surface area contributed by atoms with Gasteiger partial charge in [-0.25, -0.2) is 0 Å². The first-order chi connectivity index (χ1) is 9.49. The lowest BCUT2D eigenvalue weighted by atomic mass is 9.47. The van der Waals surface area contributed by atoms with Gasteiger partial charge in [-0.05, 0) is 52.9 Å². The van der Waals surface area contributed by atoms with Crippen LogP contribution in [0.4, 0.5) is 0 Å². The zero-order valence-corrected chi connectivity index (χ0v) is 13.9. The number of aliphatic hydroxyl groups excluding tert-OH is 1. The Kier molecular flexibility index (Phi) is 3.78. The van der Waals surface area contributed by atoms with Gasteiger partial charge in [-0.1, -0.05) is 6.92 Å². The van der Waals surface area contributed by atoms with Gasteiger partial charge in [-0.2, -0.15) is 0 Å². The van der Waals surface area contributed by atoms with Crippen molar-refractivity contribution in [2.45, 2.75) is 59.7 Å². The monoisotopic (exact) mass is 296 g/mol. The molecule has 0 aromatic carbocycles. The van der Waals surface area contributed by atoms with Crippen molar-refractivity contribution < 1.29 is 19.7 Å². The lowest BCUT2D eigenvalue weighted by Crippen LogP contribution is -2.64. The van der Waals surface area contributed by atoms with E-state index in [1.165, 1.54) is 0 Å². The second kappa shape index (κ2) is 4.82. The summed E-state index contributed by atoms with van der Waals surface area (Å²) in [5.74, 6) is 0.383. The third kappa shape index (κ3) is 2.15. The molecule has 1 saturated carbocycles. The summed E-state index contributed by atoms with van der Waals surface area (Å²) in [7, 11) is 0. The van der Waals surface area contributed by atoms with Gasteiger partial charge in [0, 0.05) is 6.08 Å². The number of hydrogen-bond donors (Lipinski definition) is 2. The molecule has 5 atom stereocenters. The van der Waals surface area contributed by atoms with Gasteiger partial charge in [-0.15, -0.1) is 0 Å². The third-order valence-corrected chi connectivity index (χ3v) is 5.93. The number of carbonyl (C=O) groups is 1. The number of aliphatic hydroxyl groups is 2. The van der Waals surface area contributed by atoms with E-state index >= 15 is 0 Å². The van der Waals surface area contributed by atoms with E-state index < -0.39 is 22.5 Å². The van der Waals surface area contributed by atoms with E-state index in [0.717, 1.165) is 0 Å². The first-order valence-corrected chi connectivity index (χ1v) is 7.79. The summed E-state index contributed by atoms with van der Waals surface area (Å²) in [6.45, 7) is 11.7. The molecule has 2 N–H and O–H groups in total. The van der Waals surface area contributed by atoms with Crippen molar-refractivity contribution >= 4 is 5.78 Å². The number of carbonyl (C=O) groups excluding carboxylic acids is 1. The number of fused-ring (bicyclic) bond motifs is 2. The first-order valence-electron chi connectivity index (χ1n) is 7.79. The van der Waals surface area contributed by atoms with Crippen molar-refractivity contribution in [3.63, 3.8) is 0 Å². The van der Waals surface area contributed by atoms with Crippen LogP contribution in [-0.4, -0.2) is 34.3 Å². The summed E-state index contributed by atoms with van der Waals surface area (Å²) in [5, 5.41) is 21.4. The first kappa shape index (κ1) is 16.5. The molecule has 0 aliphatic heterocycles. The topological polar surface area (TPSA) is 66.8 Å². The summed E-state index contributed by atoms with van der Waals surface area (Å²) >= 11 is 0. The highest BCUT2D eigenvalue weighted by atomic mass is 16.5. The van der Waals surface area contributed by atoms with Crippen molar-refractivity contribution in [2.24, 2.45) is 22.7 Å². The molecule has 0 amide bonds. The average Bonchev–Trinajstić information content (AvgIpc) is 2.37. The molecule has 0 saturated heterocycles. The van der Waals surface area contributed by atoms with Gasteiger partial charge in [0.2, 0.25) is 0 Å². The van der Waals surface area contributed by atoms with Gasteiger partial charge in [0.25, 0.3) is 0 Å². The molecule has 2 rings (SSSR count). The number of ketones is 1. The van der Waals surface area contributed by atoms with Crippen LogP contribution in [0.5, 0.6) is 0 Å². The van der Waals surface area contributed by atoms with Crippen LogP contribution in [0, 0.1) is 22.7 Å². The Labute approximate surface area is 127 Å². The minimum atomic E-state index is -0.906. The van der Waals surface area contributed by atoms with Crippen molar-refractivity contribution in [1.82, 2.24) is 0 Å². The minimum Gasteiger partial charge on any atom is -0.497 e. The molecule has 0 aromatic rings. The molecule has 120 valence electrons. The molecule has 4 heteroatoms. The number of hydrogen-bond acceptors (Lipinski definition) is 4. The fourth-order valence-corrected chi connectivity index (χ4v) is 4.32. The highest BCUT2D eigenvalue weighted by molar-refractivity contribution is 5.97. The van der Waals surface area contributed by atoms with E-state index in [1.54, 1.807) is 19.9 Å². The van der Waals surface area contributed by atoms with Crippen LogP contribution in [0.2, 0.25) is 0 Å². The molecular formula is C17H28O4. The highest BCUT2D eigenvalue weighted by Gasteiger charge is 2.64. The quantitative estimate of drug-likeness (QED) is 0.838. The zero-order chi connectivity index (χ0) is 16.2. The molecule has 0 radical (unpaired) electrons. The standard InChI is InChI=1S/C17H28O4/c1-7-21-13-8-12(18)16(5)9-11(15(3,4)20)10(2)17(13,6)14(16)19/h8,10-11,14,19-20H,7,9H2,1-6H3/t10-,11+,14+,16+,17-/m1/s1. The molecule has 2 bridgehead atoms. The van der Waals surface area contributed by atoms with Crippen LogP contribution in [0.15, 0.2) is 11.8 Å². The van der Waals surface area contributed by atoms with E-state index in [2.05, 4.69) is 0 Å². The zero-order valence-electron chi connectivity index (χ0n) is 13.9. The largest absolute Gasteiger partial charge is 0.497 e. The van der Waals surface area contributed by atoms with Crippen molar-refractivity contribution in [3.8, 4) is 0 Å². The molecule has 0 unspecified atom stereocenters. The number of ether oxygens (including phenoxy) is 1. The third-order valence-electron chi connectivity index (χ3n) is 5.93. The lowest BCUT2D eigenvalue weighted by molar-refractivity contribution is -0.188. The van der Waals surface area contributed by atoms with Gasteiger partial charge >= 0.3 is 0 Å². The second-order valence-electron chi connectivity index (χ2n) is 7.66. The fraction of sp³-hybridized carbons (Fsp3) is 0.824. The summed E-state index contributed by atoms with van der Waals surface area (Å²) in [6.07, 6.45) is 1.26. The minimum absolute atomic E-state index is 0.00600. The van der Waals surface area contributed by atoms with Crippen LogP contribution < -0.4 is 0 Å². The van der Waals surface area contributed by atoms with Crippen molar-refractivity contribution in [3.05, 3.63) is 11.8 Å². The van der Waals surface area contributed by atoms with Gasteiger partial charge in [0.1, 0.15) is 5.76 Å². The Balaban J connectivity index is 2.60. The SMILES string of the molecule is CCOC1=CC(=O)[C@]2(C)C[C@H](C(C)(C)O)[C@@H](C)[C@@]1(C)[C@H]2O. The Morgan fingerprint density at radius 3 is 2.48 bits per heavy atom. The smallest absolute Gasteiger partial charge is 0.167 e.